The third-order valence-corrected chi connectivity index (χ3v) is 3.03. The summed E-state index contributed by atoms with van der Waals surface area (Å²) in [6.07, 6.45) is 0. The van der Waals surface area contributed by atoms with Gasteiger partial charge in [-0.2, -0.15) is 0 Å². The van der Waals surface area contributed by atoms with E-state index in [4.69, 9.17) is 0 Å². The number of hydrazine groups is 1. The van der Waals surface area contributed by atoms with Crippen LogP contribution in [0.1, 0.15) is 27.7 Å². The van der Waals surface area contributed by atoms with Crippen molar-refractivity contribution in [1.29, 1.82) is 0 Å². The molecule has 1 saturated heterocycles. The SMILES string of the molecule is CC(C)N1CCSC(C)(C)N1. The largest absolute Gasteiger partial charge is 0.240 e. The van der Waals surface area contributed by atoms with Crippen molar-refractivity contribution in [1.82, 2.24) is 10.4 Å². The minimum atomic E-state index is 0.225. The lowest BCUT2D eigenvalue weighted by atomic mass is 10.3. The van der Waals surface area contributed by atoms with Crippen LogP contribution in [0.15, 0.2) is 0 Å². The van der Waals surface area contributed by atoms with E-state index in [0.717, 1.165) is 6.54 Å². The van der Waals surface area contributed by atoms with E-state index in [1.807, 2.05) is 11.8 Å². The standard InChI is InChI=1S/C8H18N2S/c1-7(2)10-5-6-11-8(3,4)9-10/h7,9H,5-6H2,1-4H3. The smallest absolute Gasteiger partial charge is 0.0720 e. The van der Waals surface area contributed by atoms with Crippen LogP contribution in [-0.4, -0.2) is 28.2 Å². The molecule has 0 unspecified atom stereocenters. The van der Waals surface area contributed by atoms with E-state index in [9.17, 15) is 0 Å². The van der Waals surface area contributed by atoms with Gasteiger partial charge in [-0.3, -0.25) is 0 Å². The molecule has 0 atom stereocenters. The van der Waals surface area contributed by atoms with Crippen LogP contribution >= 0.6 is 11.8 Å². The van der Waals surface area contributed by atoms with Gasteiger partial charge in [-0.15, -0.1) is 11.8 Å². The Bertz CT molecular complexity index is 134. The van der Waals surface area contributed by atoms with Crippen molar-refractivity contribution in [2.75, 3.05) is 12.3 Å². The maximum Gasteiger partial charge on any atom is 0.0720 e. The van der Waals surface area contributed by atoms with Crippen LogP contribution in [0.3, 0.4) is 0 Å². The second-order valence-electron chi connectivity index (χ2n) is 3.76. The summed E-state index contributed by atoms with van der Waals surface area (Å²) >= 11 is 1.99. The Morgan fingerprint density at radius 1 is 1.45 bits per heavy atom. The first-order chi connectivity index (χ1) is 5.01. The molecule has 1 N–H and O–H groups in total. The maximum atomic E-state index is 3.49. The lowest BCUT2D eigenvalue weighted by Gasteiger charge is -2.40. The van der Waals surface area contributed by atoms with E-state index >= 15 is 0 Å². The number of nitrogens with zero attached hydrogens (tertiary/aromatic N) is 1. The molecular formula is C8H18N2S. The molecule has 0 saturated carbocycles. The van der Waals surface area contributed by atoms with Gasteiger partial charge in [-0.25, -0.2) is 10.4 Å². The zero-order valence-electron chi connectivity index (χ0n) is 7.85. The van der Waals surface area contributed by atoms with Crippen LogP contribution in [0.4, 0.5) is 0 Å². The van der Waals surface area contributed by atoms with Crippen molar-refractivity contribution in [2.24, 2.45) is 0 Å². The average Bonchev–Trinajstić information content (AvgIpc) is 1.85. The minimum Gasteiger partial charge on any atom is -0.240 e. The fourth-order valence-corrected chi connectivity index (χ4v) is 2.20. The molecule has 0 bridgehead atoms. The predicted molar refractivity (Wildman–Crippen MR) is 51.5 cm³/mol. The second-order valence-corrected chi connectivity index (χ2v) is 5.48. The normalized spacial score (nSPS) is 25.9. The first-order valence-electron chi connectivity index (χ1n) is 4.20. The zero-order valence-corrected chi connectivity index (χ0v) is 8.66. The molecular weight excluding hydrogens is 156 g/mol. The molecule has 1 aliphatic rings. The molecule has 0 aliphatic carbocycles. The molecule has 0 aromatic carbocycles. The predicted octanol–water partition coefficient (Wildman–Crippen LogP) is 1.68. The summed E-state index contributed by atoms with van der Waals surface area (Å²) < 4.78 is 0. The van der Waals surface area contributed by atoms with E-state index < -0.39 is 0 Å². The number of hydrogen-bond acceptors (Lipinski definition) is 3. The third-order valence-electron chi connectivity index (χ3n) is 1.83. The summed E-state index contributed by atoms with van der Waals surface area (Å²) in [6, 6.07) is 0.607. The molecule has 0 radical (unpaired) electrons. The van der Waals surface area contributed by atoms with Crippen LogP contribution < -0.4 is 5.43 Å². The topological polar surface area (TPSA) is 15.3 Å². The van der Waals surface area contributed by atoms with Gasteiger partial charge in [-0.05, 0) is 27.7 Å². The number of rotatable bonds is 1. The van der Waals surface area contributed by atoms with Crippen LogP contribution in [0.5, 0.6) is 0 Å². The highest BCUT2D eigenvalue weighted by Gasteiger charge is 2.26. The fourth-order valence-electron chi connectivity index (χ4n) is 1.22. The molecule has 0 spiro atoms. The van der Waals surface area contributed by atoms with E-state index in [2.05, 4.69) is 38.1 Å². The summed E-state index contributed by atoms with van der Waals surface area (Å²) in [4.78, 5) is 0.225. The molecule has 66 valence electrons. The van der Waals surface area contributed by atoms with Crippen molar-refractivity contribution in [3.8, 4) is 0 Å². The lowest BCUT2D eigenvalue weighted by molar-refractivity contribution is 0.117. The van der Waals surface area contributed by atoms with Crippen LogP contribution in [0, 0.1) is 0 Å². The van der Waals surface area contributed by atoms with Crippen LogP contribution in [0.2, 0.25) is 0 Å². The van der Waals surface area contributed by atoms with Gasteiger partial charge in [0.05, 0.1) is 4.87 Å². The minimum absolute atomic E-state index is 0.225. The molecule has 1 fully saturated rings. The van der Waals surface area contributed by atoms with Gasteiger partial charge in [0.25, 0.3) is 0 Å². The third kappa shape index (κ3) is 2.65. The Morgan fingerprint density at radius 2 is 2.09 bits per heavy atom. The molecule has 2 nitrogen and oxygen atoms in total. The highest BCUT2D eigenvalue weighted by molar-refractivity contribution is 8.00. The van der Waals surface area contributed by atoms with E-state index in [-0.39, 0.29) is 4.87 Å². The van der Waals surface area contributed by atoms with Crippen molar-refractivity contribution >= 4 is 11.8 Å². The first-order valence-corrected chi connectivity index (χ1v) is 5.18. The monoisotopic (exact) mass is 174 g/mol. The van der Waals surface area contributed by atoms with Gasteiger partial charge in [0.1, 0.15) is 0 Å². The number of hydrogen-bond donors (Lipinski definition) is 1. The summed E-state index contributed by atoms with van der Waals surface area (Å²) in [5.74, 6) is 1.23. The molecule has 1 aliphatic heterocycles. The maximum absolute atomic E-state index is 3.49. The van der Waals surface area contributed by atoms with E-state index in [0.29, 0.717) is 6.04 Å². The van der Waals surface area contributed by atoms with Crippen molar-refractivity contribution < 1.29 is 0 Å². The highest BCUT2D eigenvalue weighted by atomic mass is 32.2. The van der Waals surface area contributed by atoms with Crippen molar-refractivity contribution in [2.45, 2.75) is 38.6 Å². The molecule has 3 heteroatoms. The lowest BCUT2D eigenvalue weighted by Crippen LogP contribution is -2.56. The Kier molecular flexibility index (Phi) is 2.84. The molecule has 1 rings (SSSR count). The average molecular weight is 174 g/mol. The Morgan fingerprint density at radius 3 is 2.45 bits per heavy atom. The van der Waals surface area contributed by atoms with E-state index in [1.165, 1.54) is 5.75 Å². The quantitative estimate of drug-likeness (QED) is 0.651. The molecule has 0 aromatic heterocycles. The van der Waals surface area contributed by atoms with Gasteiger partial charge in [0.2, 0.25) is 0 Å². The number of thioether (sulfide) groups is 1. The van der Waals surface area contributed by atoms with Crippen LogP contribution in [0.25, 0.3) is 0 Å². The fraction of sp³-hybridized carbons (Fsp3) is 1.00. The molecule has 1 heterocycles. The van der Waals surface area contributed by atoms with Gasteiger partial charge in [0, 0.05) is 18.3 Å². The van der Waals surface area contributed by atoms with Gasteiger partial charge in [-0.1, -0.05) is 0 Å². The molecule has 0 aromatic rings. The molecule has 0 amide bonds. The zero-order chi connectivity index (χ0) is 8.48. The Hall–Kier alpha value is 0.270. The van der Waals surface area contributed by atoms with E-state index in [1.54, 1.807) is 0 Å². The summed E-state index contributed by atoms with van der Waals surface area (Å²) in [7, 11) is 0. The van der Waals surface area contributed by atoms with Gasteiger partial charge < -0.3 is 0 Å². The van der Waals surface area contributed by atoms with Gasteiger partial charge >= 0.3 is 0 Å². The first kappa shape index (κ1) is 9.36. The Balaban J connectivity index is 2.46. The Labute approximate surface area is 73.7 Å². The van der Waals surface area contributed by atoms with Crippen molar-refractivity contribution in [3.05, 3.63) is 0 Å². The van der Waals surface area contributed by atoms with Crippen molar-refractivity contribution in [3.63, 3.8) is 0 Å². The van der Waals surface area contributed by atoms with Crippen LogP contribution in [-0.2, 0) is 0 Å². The summed E-state index contributed by atoms with van der Waals surface area (Å²) in [6.45, 7) is 10.1. The number of nitrogens with one attached hydrogen (secondary N) is 1. The summed E-state index contributed by atoms with van der Waals surface area (Å²) in [5.41, 5.74) is 3.49. The van der Waals surface area contributed by atoms with Gasteiger partial charge in [0.15, 0.2) is 0 Å². The summed E-state index contributed by atoms with van der Waals surface area (Å²) in [5, 5.41) is 2.32. The molecule has 11 heavy (non-hydrogen) atoms. The highest BCUT2D eigenvalue weighted by Crippen LogP contribution is 2.25. The second kappa shape index (κ2) is 3.33.